The molecule has 7 heteroatoms. The van der Waals surface area contributed by atoms with E-state index in [-0.39, 0.29) is 18.5 Å². The van der Waals surface area contributed by atoms with Crippen molar-refractivity contribution in [3.8, 4) is 0 Å². The molecular weight excluding hydrogens is 350 g/mol. The van der Waals surface area contributed by atoms with Gasteiger partial charge in [-0.15, -0.1) is 11.3 Å². The second kappa shape index (κ2) is 6.76. The van der Waals surface area contributed by atoms with E-state index in [0.29, 0.717) is 6.54 Å². The molecular formula is C19H17N3O3S. The van der Waals surface area contributed by atoms with Crippen molar-refractivity contribution in [2.24, 2.45) is 0 Å². The van der Waals surface area contributed by atoms with Gasteiger partial charge < -0.3 is 4.90 Å². The fraction of sp³-hybridized carbons (Fsp3) is 0.211. The van der Waals surface area contributed by atoms with E-state index in [0.717, 1.165) is 17.5 Å². The second-order valence-electron chi connectivity index (χ2n) is 6.19. The highest BCUT2D eigenvalue weighted by molar-refractivity contribution is 7.10. The highest BCUT2D eigenvalue weighted by Crippen LogP contribution is 2.37. The Morgan fingerprint density at radius 2 is 1.96 bits per heavy atom. The van der Waals surface area contributed by atoms with Crippen LogP contribution in [0.3, 0.4) is 0 Å². The van der Waals surface area contributed by atoms with Gasteiger partial charge in [-0.05, 0) is 29.0 Å². The third kappa shape index (κ3) is 3.01. The maximum Gasteiger partial charge on any atom is 0.328 e. The lowest BCUT2D eigenvalue weighted by molar-refractivity contribution is -0.134. The Morgan fingerprint density at radius 1 is 1.15 bits per heavy atom. The van der Waals surface area contributed by atoms with Gasteiger partial charge in [-0.3, -0.25) is 19.1 Å². The summed E-state index contributed by atoms with van der Waals surface area (Å²) < 4.78 is 1.23. The van der Waals surface area contributed by atoms with Gasteiger partial charge in [0.25, 0.3) is 5.56 Å². The number of nitrogens with one attached hydrogen (secondary N) is 1. The Morgan fingerprint density at radius 3 is 2.73 bits per heavy atom. The Kier molecular flexibility index (Phi) is 4.30. The summed E-state index contributed by atoms with van der Waals surface area (Å²) >= 11 is 1.71. The van der Waals surface area contributed by atoms with Crippen LogP contribution in [0, 0.1) is 0 Å². The summed E-state index contributed by atoms with van der Waals surface area (Å²) in [6, 6.07) is 13.1. The molecule has 1 amide bonds. The van der Waals surface area contributed by atoms with Gasteiger partial charge in [0.1, 0.15) is 6.54 Å². The molecule has 0 saturated heterocycles. The summed E-state index contributed by atoms with van der Waals surface area (Å²) in [6.07, 6.45) is 2.17. The van der Waals surface area contributed by atoms with E-state index >= 15 is 0 Å². The maximum absolute atomic E-state index is 13.0. The number of rotatable bonds is 3. The van der Waals surface area contributed by atoms with E-state index < -0.39 is 11.2 Å². The zero-order valence-electron chi connectivity index (χ0n) is 13.9. The molecule has 1 aliphatic heterocycles. The minimum atomic E-state index is -0.574. The van der Waals surface area contributed by atoms with Crippen molar-refractivity contribution in [1.82, 2.24) is 14.5 Å². The minimum Gasteiger partial charge on any atom is -0.330 e. The zero-order chi connectivity index (χ0) is 18.1. The van der Waals surface area contributed by atoms with Crippen LogP contribution in [0.15, 0.2) is 63.6 Å². The summed E-state index contributed by atoms with van der Waals surface area (Å²) in [7, 11) is 0. The summed E-state index contributed by atoms with van der Waals surface area (Å²) in [5.41, 5.74) is 1.15. The number of hydrogen-bond acceptors (Lipinski definition) is 4. The number of aromatic amines is 1. The predicted molar refractivity (Wildman–Crippen MR) is 99.3 cm³/mol. The number of nitrogens with zero attached hydrogens (tertiary/aromatic N) is 2. The lowest BCUT2D eigenvalue weighted by Gasteiger charge is -2.36. The molecule has 0 fully saturated rings. The van der Waals surface area contributed by atoms with Gasteiger partial charge >= 0.3 is 5.69 Å². The van der Waals surface area contributed by atoms with Gasteiger partial charge in [-0.2, -0.15) is 0 Å². The Hall–Kier alpha value is -2.93. The molecule has 132 valence electrons. The number of thiophene rings is 1. The molecule has 0 aliphatic carbocycles. The Balaban J connectivity index is 1.69. The van der Waals surface area contributed by atoms with E-state index in [1.54, 1.807) is 11.3 Å². The molecule has 1 N–H and O–H groups in total. The van der Waals surface area contributed by atoms with Crippen molar-refractivity contribution < 1.29 is 4.79 Å². The molecule has 1 aromatic carbocycles. The highest BCUT2D eigenvalue weighted by atomic mass is 32.1. The van der Waals surface area contributed by atoms with Crippen LogP contribution in [-0.4, -0.2) is 26.9 Å². The van der Waals surface area contributed by atoms with Crippen molar-refractivity contribution in [2.45, 2.75) is 19.0 Å². The van der Waals surface area contributed by atoms with Crippen LogP contribution >= 0.6 is 11.3 Å². The van der Waals surface area contributed by atoms with Crippen LogP contribution < -0.4 is 11.2 Å². The molecule has 2 aromatic heterocycles. The van der Waals surface area contributed by atoms with Crippen LogP contribution in [0.5, 0.6) is 0 Å². The van der Waals surface area contributed by atoms with Gasteiger partial charge in [-0.25, -0.2) is 4.79 Å². The highest BCUT2D eigenvalue weighted by Gasteiger charge is 2.32. The van der Waals surface area contributed by atoms with E-state index in [1.807, 2.05) is 35.2 Å². The van der Waals surface area contributed by atoms with Gasteiger partial charge in [0, 0.05) is 23.7 Å². The number of fused-ring (bicyclic) bond motifs is 1. The van der Waals surface area contributed by atoms with Crippen LogP contribution in [0.4, 0.5) is 0 Å². The van der Waals surface area contributed by atoms with Crippen molar-refractivity contribution in [3.63, 3.8) is 0 Å². The Bertz CT molecular complexity index is 1050. The number of benzene rings is 1. The molecule has 3 heterocycles. The molecule has 0 unspecified atom stereocenters. The average molecular weight is 367 g/mol. The molecule has 0 spiro atoms. The molecule has 6 nitrogen and oxygen atoms in total. The Labute approximate surface area is 153 Å². The number of carbonyl (C=O) groups is 1. The van der Waals surface area contributed by atoms with Gasteiger partial charge in [0.05, 0.1) is 6.04 Å². The van der Waals surface area contributed by atoms with Crippen LogP contribution in [0.1, 0.15) is 22.0 Å². The summed E-state index contributed by atoms with van der Waals surface area (Å²) in [6.45, 7) is 0.502. The first kappa shape index (κ1) is 16.5. The maximum atomic E-state index is 13.0. The normalized spacial score (nSPS) is 16.3. The first-order valence-electron chi connectivity index (χ1n) is 8.34. The zero-order valence-corrected chi connectivity index (χ0v) is 14.7. The fourth-order valence-corrected chi connectivity index (χ4v) is 4.29. The first-order valence-corrected chi connectivity index (χ1v) is 9.22. The van der Waals surface area contributed by atoms with E-state index in [1.165, 1.54) is 21.7 Å². The molecule has 0 radical (unpaired) electrons. The molecule has 1 aliphatic rings. The number of H-pyrrole nitrogens is 1. The van der Waals surface area contributed by atoms with Crippen molar-refractivity contribution in [2.75, 3.05) is 6.54 Å². The SMILES string of the molecule is O=C(Cn1ccc(=O)[nH]c1=O)N1CCc2sccc2[C@H]1c1ccccc1. The van der Waals surface area contributed by atoms with Gasteiger partial charge in [-0.1, -0.05) is 30.3 Å². The van der Waals surface area contributed by atoms with Crippen molar-refractivity contribution in [1.29, 1.82) is 0 Å². The molecule has 4 rings (SSSR count). The number of amides is 1. The quantitative estimate of drug-likeness (QED) is 0.767. The third-order valence-corrected chi connectivity index (χ3v) is 5.60. The molecule has 0 saturated carbocycles. The number of carbonyl (C=O) groups excluding carboxylic acids is 1. The second-order valence-corrected chi connectivity index (χ2v) is 7.19. The van der Waals surface area contributed by atoms with Crippen LogP contribution in [0.25, 0.3) is 0 Å². The van der Waals surface area contributed by atoms with E-state index in [2.05, 4.69) is 16.4 Å². The van der Waals surface area contributed by atoms with Crippen molar-refractivity contribution in [3.05, 3.63) is 90.9 Å². The average Bonchev–Trinajstić information content (AvgIpc) is 3.12. The summed E-state index contributed by atoms with van der Waals surface area (Å²) in [4.78, 5) is 41.4. The van der Waals surface area contributed by atoms with E-state index in [9.17, 15) is 14.4 Å². The summed E-state index contributed by atoms with van der Waals surface area (Å²) in [5, 5.41) is 2.06. The predicted octanol–water partition coefficient (Wildman–Crippen LogP) is 1.77. The number of hydrogen-bond donors (Lipinski definition) is 1. The molecule has 0 bridgehead atoms. The fourth-order valence-electron chi connectivity index (χ4n) is 3.39. The van der Waals surface area contributed by atoms with Crippen LogP contribution in [-0.2, 0) is 17.8 Å². The smallest absolute Gasteiger partial charge is 0.328 e. The first-order chi connectivity index (χ1) is 12.6. The molecule has 3 aromatic rings. The van der Waals surface area contributed by atoms with Gasteiger partial charge in [0.2, 0.25) is 5.91 Å². The van der Waals surface area contributed by atoms with Crippen molar-refractivity contribution >= 4 is 17.2 Å². The topological polar surface area (TPSA) is 75.2 Å². The molecule has 1 atom stereocenters. The molecule has 26 heavy (non-hydrogen) atoms. The van der Waals surface area contributed by atoms with Crippen LogP contribution in [0.2, 0.25) is 0 Å². The lowest BCUT2D eigenvalue weighted by Crippen LogP contribution is -2.43. The summed E-state index contributed by atoms with van der Waals surface area (Å²) in [5.74, 6) is -0.148. The largest absolute Gasteiger partial charge is 0.330 e. The lowest BCUT2D eigenvalue weighted by atomic mass is 9.93. The monoisotopic (exact) mass is 367 g/mol. The number of aromatic nitrogens is 2. The standard InChI is InChI=1S/C19H17N3O3S/c23-16-7-9-21(19(25)20-16)12-17(24)22-10-6-15-14(8-11-26-15)18(22)13-4-2-1-3-5-13/h1-5,7-9,11,18H,6,10,12H2,(H,20,23,25)/t18-/m1/s1. The van der Waals surface area contributed by atoms with E-state index in [4.69, 9.17) is 0 Å². The third-order valence-electron chi connectivity index (χ3n) is 4.60. The van der Waals surface area contributed by atoms with Gasteiger partial charge in [0.15, 0.2) is 0 Å². The minimum absolute atomic E-state index is 0.0988.